The molecule has 8 nitrogen and oxygen atoms in total. The molecule has 1 fully saturated rings. The van der Waals surface area contributed by atoms with E-state index in [1.165, 1.54) is 28.6 Å². The second-order valence-corrected chi connectivity index (χ2v) is 13.3. The van der Waals surface area contributed by atoms with Gasteiger partial charge < -0.3 is 4.74 Å². The number of esters is 1. The third-order valence-corrected chi connectivity index (χ3v) is 9.38. The minimum Gasteiger partial charge on any atom is -0.457 e. The lowest BCUT2D eigenvalue weighted by Crippen LogP contribution is -2.33. The molecular weight excluding hydrogens is 504 g/mol. The number of rotatable bonds is 10. The molecule has 0 bridgehead atoms. The largest absolute Gasteiger partial charge is 0.457 e. The summed E-state index contributed by atoms with van der Waals surface area (Å²) in [5, 5.41) is 10.9. The molecule has 2 aromatic carbocycles. The van der Waals surface area contributed by atoms with Crippen LogP contribution >= 0.6 is 0 Å². The van der Waals surface area contributed by atoms with Gasteiger partial charge in [-0.3, -0.25) is 10.1 Å². The number of nitro benzene ring substituents is 1. The van der Waals surface area contributed by atoms with E-state index in [2.05, 4.69) is 13.8 Å². The van der Waals surface area contributed by atoms with Crippen LogP contribution in [0.25, 0.3) is 0 Å². The van der Waals surface area contributed by atoms with E-state index in [1.54, 1.807) is 0 Å². The van der Waals surface area contributed by atoms with E-state index >= 15 is 0 Å². The van der Waals surface area contributed by atoms with Crippen molar-refractivity contribution in [3.05, 3.63) is 68.8 Å². The Hall–Kier alpha value is -2.78. The first kappa shape index (κ1) is 29.8. The van der Waals surface area contributed by atoms with Gasteiger partial charge in [0, 0.05) is 18.2 Å². The third-order valence-electron chi connectivity index (χ3n) is 7.27. The van der Waals surface area contributed by atoms with Crippen molar-refractivity contribution in [3.63, 3.8) is 0 Å². The van der Waals surface area contributed by atoms with Crippen molar-refractivity contribution in [1.29, 1.82) is 0 Å². The van der Waals surface area contributed by atoms with Crippen molar-refractivity contribution in [3.8, 4) is 0 Å². The molecule has 0 saturated carbocycles. The van der Waals surface area contributed by atoms with Crippen molar-refractivity contribution in [1.82, 2.24) is 4.31 Å². The van der Waals surface area contributed by atoms with Gasteiger partial charge >= 0.3 is 5.97 Å². The molecule has 0 N–H and O–H groups in total. The van der Waals surface area contributed by atoms with Crippen LogP contribution in [0, 0.1) is 16.0 Å². The van der Waals surface area contributed by atoms with E-state index in [9.17, 15) is 23.3 Å². The predicted molar refractivity (Wildman–Crippen MR) is 148 cm³/mol. The van der Waals surface area contributed by atoms with Gasteiger partial charge in [0.05, 0.1) is 21.4 Å². The number of hydrogen-bond acceptors (Lipinski definition) is 6. The Morgan fingerprint density at radius 3 is 1.82 bits per heavy atom. The molecule has 1 aliphatic heterocycles. The molecule has 4 atom stereocenters. The number of sulfonamides is 1. The number of nitro groups is 1. The van der Waals surface area contributed by atoms with Gasteiger partial charge in [0.2, 0.25) is 10.0 Å². The van der Waals surface area contributed by atoms with Crippen molar-refractivity contribution < 1.29 is 22.9 Å². The topological polar surface area (TPSA) is 107 Å². The Morgan fingerprint density at radius 1 is 0.921 bits per heavy atom. The van der Waals surface area contributed by atoms with Crippen molar-refractivity contribution in [2.75, 3.05) is 0 Å². The van der Waals surface area contributed by atoms with E-state index in [-0.39, 0.29) is 41.0 Å². The van der Waals surface area contributed by atoms with Crippen LogP contribution in [0.4, 0.5) is 5.69 Å². The normalized spacial score (nSPS) is 20.3. The monoisotopic (exact) mass is 544 g/mol. The van der Waals surface area contributed by atoms with Crippen LogP contribution < -0.4 is 0 Å². The molecule has 0 aromatic heterocycles. The predicted octanol–water partition coefficient (Wildman–Crippen LogP) is 6.61. The van der Waals surface area contributed by atoms with Crippen molar-refractivity contribution >= 4 is 21.7 Å². The molecule has 9 heteroatoms. The van der Waals surface area contributed by atoms with Crippen LogP contribution in [-0.4, -0.2) is 41.8 Å². The fourth-order valence-electron chi connectivity index (χ4n) is 4.95. The first-order valence-electron chi connectivity index (χ1n) is 13.3. The summed E-state index contributed by atoms with van der Waals surface area (Å²) in [5.41, 5.74) is 2.78. The summed E-state index contributed by atoms with van der Waals surface area (Å²) < 4.78 is 35.8. The summed E-state index contributed by atoms with van der Waals surface area (Å²) in [4.78, 5) is 23.7. The quantitative estimate of drug-likeness (QED) is 0.144. The van der Waals surface area contributed by atoms with Gasteiger partial charge in [-0.05, 0) is 59.4 Å². The number of nitrogens with zero attached hydrogens (tertiary/aromatic N) is 2. The maximum absolute atomic E-state index is 14.3. The average Bonchev–Trinajstić information content (AvgIpc) is 3.52. The van der Waals surface area contributed by atoms with Crippen LogP contribution in [0.5, 0.6) is 0 Å². The number of hydrogen-bond donors (Lipinski definition) is 0. The standard InChI is InChI=1S/C29H40N2O6S/c1-16(2)22-14-24(17(3)4)28(25(15-22)18(5)6)38(35,36)30-20(9)26(30)27(19(7)8)37-29(32)21-10-12-23(13-11-21)31(33)34/h10-20,26-27H,1-9H3/t20-,26+,27-,30?/m0/s1. The van der Waals surface area contributed by atoms with Gasteiger partial charge in [0.25, 0.3) is 5.69 Å². The summed E-state index contributed by atoms with van der Waals surface area (Å²) in [6.45, 7) is 17.9. The van der Waals surface area contributed by atoms with Crippen molar-refractivity contribution in [2.45, 2.75) is 103 Å². The van der Waals surface area contributed by atoms with Gasteiger partial charge in [-0.2, -0.15) is 4.31 Å². The van der Waals surface area contributed by atoms with Gasteiger partial charge in [0.1, 0.15) is 6.10 Å². The molecule has 1 heterocycles. The zero-order chi connectivity index (χ0) is 28.7. The zero-order valence-electron chi connectivity index (χ0n) is 23.8. The number of ether oxygens (including phenoxy) is 1. The zero-order valence-corrected chi connectivity index (χ0v) is 24.6. The van der Waals surface area contributed by atoms with Crippen LogP contribution in [0.2, 0.25) is 0 Å². The third kappa shape index (κ3) is 5.78. The minimum absolute atomic E-state index is 0.00513. The van der Waals surface area contributed by atoms with Crippen LogP contribution in [0.1, 0.15) is 107 Å². The van der Waals surface area contributed by atoms with Crippen LogP contribution in [0.15, 0.2) is 41.3 Å². The van der Waals surface area contributed by atoms with Crippen molar-refractivity contribution in [2.24, 2.45) is 5.92 Å². The maximum Gasteiger partial charge on any atom is 0.338 e. The highest BCUT2D eigenvalue weighted by Crippen LogP contribution is 2.45. The first-order valence-corrected chi connectivity index (χ1v) is 14.7. The highest BCUT2D eigenvalue weighted by molar-refractivity contribution is 7.89. The smallest absolute Gasteiger partial charge is 0.338 e. The molecule has 208 valence electrons. The summed E-state index contributed by atoms with van der Waals surface area (Å²) in [7, 11) is -3.88. The Balaban J connectivity index is 1.99. The maximum atomic E-state index is 14.3. The van der Waals surface area contributed by atoms with Gasteiger partial charge in [-0.15, -0.1) is 0 Å². The Bertz CT molecular complexity index is 1270. The minimum atomic E-state index is -3.88. The molecular formula is C29H40N2O6S. The average molecular weight is 545 g/mol. The molecule has 38 heavy (non-hydrogen) atoms. The van der Waals surface area contributed by atoms with Gasteiger partial charge in [-0.25, -0.2) is 13.2 Å². The lowest BCUT2D eigenvalue weighted by molar-refractivity contribution is -0.384. The molecule has 0 radical (unpaired) electrons. The molecule has 1 unspecified atom stereocenters. The lowest BCUT2D eigenvalue weighted by Gasteiger charge is -2.25. The highest BCUT2D eigenvalue weighted by atomic mass is 32.2. The molecule has 2 aromatic rings. The summed E-state index contributed by atoms with van der Waals surface area (Å²) in [6.07, 6.45) is -0.678. The second kappa shape index (κ2) is 11.1. The number of carbonyl (C=O) groups excluding carboxylic acids is 1. The van der Waals surface area contributed by atoms with Gasteiger partial charge in [-0.1, -0.05) is 67.5 Å². The Labute approximate surface area is 226 Å². The Morgan fingerprint density at radius 2 is 1.42 bits per heavy atom. The van der Waals surface area contributed by atoms with E-state index in [1.807, 2.05) is 60.6 Å². The summed E-state index contributed by atoms with van der Waals surface area (Å²) in [5.74, 6) is -0.515. The van der Waals surface area contributed by atoms with Crippen LogP contribution in [0.3, 0.4) is 0 Å². The lowest BCUT2D eigenvalue weighted by atomic mass is 9.89. The van der Waals surface area contributed by atoms with E-state index in [0.29, 0.717) is 4.90 Å². The Kier molecular flexibility index (Phi) is 8.73. The summed E-state index contributed by atoms with van der Waals surface area (Å²) in [6, 6.07) is 8.38. The first-order chi connectivity index (χ1) is 17.6. The molecule has 3 rings (SSSR count). The van der Waals surface area contributed by atoms with Crippen LogP contribution in [-0.2, 0) is 14.8 Å². The number of carbonyl (C=O) groups is 1. The molecule has 0 aliphatic carbocycles. The number of benzene rings is 2. The van der Waals surface area contributed by atoms with E-state index < -0.39 is 33.1 Å². The van der Waals surface area contributed by atoms with E-state index in [0.717, 1.165) is 16.7 Å². The summed E-state index contributed by atoms with van der Waals surface area (Å²) >= 11 is 0. The SMILES string of the molecule is CC(C)c1cc(C(C)C)c(S(=O)(=O)N2[C@@H]([C@@H](OC(=O)c3ccc([N+](=O)[O-])cc3)C(C)C)[C@@H]2C)c(C(C)C)c1. The number of non-ortho nitro benzene ring substituents is 1. The van der Waals surface area contributed by atoms with Gasteiger partial charge in [0.15, 0.2) is 0 Å². The fraction of sp³-hybridized carbons (Fsp3) is 0.552. The second-order valence-electron chi connectivity index (χ2n) is 11.5. The highest BCUT2D eigenvalue weighted by Gasteiger charge is 2.59. The fourth-order valence-corrected chi connectivity index (χ4v) is 7.47. The van der Waals surface area contributed by atoms with E-state index in [4.69, 9.17) is 4.74 Å². The molecule has 1 aliphatic rings. The molecule has 0 spiro atoms. The molecule has 0 amide bonds. The molecule has 1 saturated heterocycles.